The van der Waals surface area contributed by atoms with Crippen LogP contribution in [0.1, 0.15) is 35.6 Å². The molecule has 4 rings (SSSR count). The number of sulfonamides is 1. The quantitative estimate of drug-likeness (QED) is 0.710. The number of nitrogens with one attached hydrogen (secondary N) is 1. The number of benzene rings is 2. The molecule has 0 saturated carbocycles. The SMILES string of the molecule is COc1ccc(S(=O)(=O)N2CCC(c3[nH]c4ccc(C)cc4c3C)CC2)cc1. The van der Waals surface area contributed by atoms with Gasteiger partial charge in [0.25, 0.3) is 0 Å². The number of methoxy groups -OCH3 is 1. The molecule has 1 aromatic heterocycles. The molecule has 1 aliphatic rings. The number of ether oxygens (including phenoxy) is 1. The van der Waals surface area contributed by atoms with E-state index >= 15 is 0 Å². The zero-order chi connectivity index (χ0) is 19.9. The molecule has 2 aromatic carbocycles. The van der Waals surface area contributed by atoms with E-state index in [0.29, 0.717) is 29.7 Å². The Hall–Kier alpha value is -2.31. The van der Waals surface area contributed by atoms with Crippen molar-refractivity contribution >= 4 is 20.9 Å². The lowest BCUT2D eigenvalue weighted by Crippen LogP contribution is -2.38. The van der Waals surface area contributed by atoms with Gasteiger partial charge in [-0.05, 0) is 68.7 Å². The minimum atomic E-state index is -3.47. The number of rotatable bonds is 4. The number of aryl methyl sites for hydroxylation is 2. The Bertz CT molecular complexity index is 1090. The van der Waals surface area contributed by atoms with Crippen LogP contribution in [-0.2, 0) is 10.0 Å². The van der Waals surface area contributed by atoms with E-state index in [2.05, 4.69) is 37.0 Å². The van der Waals surface area contributed by atoms with Crippen molar-refractivity contribution in [2.24, 2.45) is 0 Å². The number of piperidine rings is 1. The van der Waals surface area contributed by atoms with Gasteiger partial charge in [0, 0.05) is 35.6 Å². The molecule has 0 unspecified atom stereocenters. The molecular formula is C22H26N2O3S. The highest BCUT2D eigenvalue weighted by atomic mass is 32.2. The molecule has 0 atom stereocenters. The van der Waals surface area contributed by atoms with E-state index in [-0.39, 0.29) is 0 Å². The van der Waals surface area contributed by atoms with E-state index < -0.39 is 10.0 Å². The van der Waals surface area contributed by atoms with Crippen molar-refractivity contribution in [1.29, 1.82) is 0 Å². The molecule has 6 heteroatoms. The van der Waals surface area contributed by atoms with Crippen LogP contribution in [0.5, 0.6) is 5.75 Å². The first-order valence-electron chi connectivity index (χ1n) is 9.63. The summed E-state index contributed by atoms with van der Waals surface area (Å²) in [6, 6.07) is 13.1. The largest absolute Gasteiger partial charge is 0.497 e. The average molecular weight is 399 g/mol. The van der Waals surface area contributed by atoms with Gasteiger partial charge in [0.2, 0.25) is 10.0 Å². The Balaban J connectivity index is 1.52. The van der Waals surface area contributed by atoms with Gasteiger partial charge in [-0.2, -0.15) is 4.31 Å². The first-order valence-corrected chi connectivity index (χ1v) is 11.1. The van der Waals surface area contributed by atoms with Crippen molar-refractivity contribution in [2.45, 2.75) is 37.5 Å². The third kappa shape index (κ3) is 3.31. The van der Waals surface area contributed by atoms with Crippen LogP contribution < -0.4 is 4.74 Å². The van der Waals surface area contributed by atoms with Gasteiger partial charge in [-0.25, -0.2) is 8.42 Å². The summed E-state index contributed by atoms with van der Waals surface area (Å²) in [6.07, 6.45) is 1.64. The van der Waals surface area contributed by atoms with E-state index in [1.165, 1.54) is 22.2 Å². The van der Waals surface area contributed by atoms with Crippen LogP contribution in [0.3, 0.4) is 0 Å². The summed E-state index contributed by atoms with van der Waals surface area (Å²) in [6.45, 7) is 5.34. The fraction of sp³-hybridized carbons (Fsp3) is 0.364. The maximum Gasteiger partial charge on any atom is 0.243 e. The Labute approximate surface area is 166 Å². The Kier molecular flexibility index (Phi) is 4.93. The normalized spacial score (nSPS) is 16.5. The third-order valence-corrected chi connectivity index (χ3v) is 7.72. The lowest BCUT2D eigenvalue weighted by atomic mass is 9.92. The lowest BCUT2D eigenvalue weighted by Gasteiger charge is -2.31. The van der Waals surface area contributed by atoms with Crippen molar-refractivity contribution in [3.05, 3.63) is 59.3 Å². The predicted octanol–water partition coefficient (Wildman–Crippen LogP) is 4.36. The minimum absolute atomic E-state index is 0.323. The topological polar surface area (TPSA) is 62.4 Å². The van der Waals surface area contributed by atoms with Crippen LogP contribution in [0.4, 0.5) is 0 Å². The predicted molar refractivity (Wildman–Crippen MR) is 112 cm³/mol. The summed E-state index contributed by atoms with van der Waals surface area (Å²) in [4.78, 5) is 3.90. The van der Waals surface area contributed by atoms with Gasteiger partial charge < -0.3 is 9.72 Å². The van der Waals surface area contributed by atoms with Crippen molar-refractivity contribution in [3.8, 4) is 5.75 Å². The summed E-state index contributed by atoms with van der Waals surface area (Å²) in [5, 5.41) is 1.27. The summed E-state index contributed by atoms with van der Waals surface area (Å²) in [7, 11) is -1.89. The number of nitrogens with zero attached hydrogens (tertiary/aromatic N) is 1. The monoisotopic (exact) mass is 398 g/mol. The van der Waals surface area contributed by atoms with Crippen LogP contribution in [0.25, 0.3) is 10.9 Å². The Morgan fingerprint density at radius 3 is 2.36 bits per heavy atom. The van der Waals surface area contributed by atoms with Crippen molar-refractivity contribution < 1.29 is 13.2 Å². The number of hydrogen-bond donors (Lipinski definition) is 1. The summed E-state index contributed by atoms with van der Waals surface area (Å²) in [5.41, 5.74) is 4.95. The van der Waals surface area contributed by atoms with Crippen LogP contribution in [0.15, 0.2) is 47.4 Å². The first kappa shape index (κ1) is 19.0. The second kappa shape index (κ2) is 7.26. The third-order valence-electron chi connectivity index (χ3n) is 5.81. The van der Waals surface area contributed by atoms with Crippen LogP contribution in [0.2, 0.25) is 0 Å². The number of fused-ring (bicyclic) bond motifs is 1. The summed E-state index contributed by atoms with van der Waals surface area (Å²) >= 11 is 0. The highest BCUT2D eigenvalue weighted by Gasteiger charge is 2.31. The van der Waals surface area contributed by atoms with Crippen molar-refractivity contribution in [3.63, 3.8) is 0 Å². The fourth-order valence-corrected chi connectivity index (χ4v) is 5.62. The molecule has 28 heavy (non-hydrogen) atoms. The number of H-pyrrole nitrogens is 1. The standard InChI is InChI=1S/C22H26N2O3S/c1-15-4-9-21-20(14-15)16(2)22(23-21)17-10-12-24(13-11-17)28(25,26)19-7-5-18(27-3)6-8-19/h4-9,14,17,23H,10-13H2,1-3H3. The van der Waals surface area contributed by atoms with E-state index in [1.54, 1.807) is 35.7 Å². The van der Waals surface area contributed by atoms with Gasteiger partial charge in [-0.1, -0.05) is 11.6 Å². The van der Waals surface area contributed by atoms with E-state index in [9.17, 15) is 8.42 Å². The number of hydrogen-bond acceptors (Lipinski definition) is 3. The van der Waals surface area contributed by atoms with Gasteiger partial charge in [0.05, 0.1) is 12.0 Å². The fourth-order valence-electron chi connectivity index (χ4n) is 4.15. The molecule has 0 amide bonds. The minimum Gasteiger partial charge on any atom is -0.497 e. The lowest BCUT2D eigenvalue weighted by molar-refractivity contribution is 0.317. The zero-order valence-electron chi connectivity index (χ0n) is 16.5. The van der Waals surface area contributed by atoms with Gasteiger partial charge in [-0.3, -0.25) is 0 Å². The Morgan fingerprint density at radius 2 is 1.71 bits per heavy atom. The average Bonchev–Trinajstić information content (AvgIpc) is 3.04. The Morgan fingerprint density at radius 1 is 1.04 bits per heavy atom. The van der Waals surface area contributed by atoms with E-state index in [1.807, 2.05) is 0 Å². The molecule has 2 heterocycles. The molecule has 0 aliphatic carbocycles. The molecule has 148 valence electrons. The molecule has 5 nitrogen and oxygen atoms in total. The van der Waals surface area contributed by atoms with Crippen LogP contribution in [-0.4, -0.2) is 37.9 Å². The maximum absolute atomic E-state index is 13.0. The van der Waals surface area contributed by atoms with Crippen molar-refractivity contribution in [2.75, 3.05) is 20.2 Å². The first-order chi connectivity index (χ1) is 13.4. The van der Waals surface area contributed by atoms with Gasteiger partial charge in [0.15, 0.2) is 0 Å². The van der Waals surface area contributed by atoms with Gasteiger partial charge in [-0.15, -0.1) is 0 Å². The molecular weight excluding hydrogens is 372 g/mol. The molecule has 0 bridgehead atoms. The molecule has 1 fully saturated rings. The van der Waals surface area contributed by atoms with Gasteiger partial charge >= 0.3 is 0 Å². The van der Waals surface area contributed by atoms with Gasteiger partial charge in [0.1, 0.15) is 5.75 Å². The van der Waals surface area contributed by atoms with Crippen molar-refractivity contribution in [1.82, 2.24) is 9.29 Å². The highest BCUT2D eigenvalue weighted by Crippen LogP contribution is 2.35. The number of aromatic nitrogens is 1. The molecule has 1 aliphatic heterocycles. The highest BCUT2D eigenvalue weighted by molar-refractivity contribution is 7.89. The number of aromatic amines is 1. The molecule has 3 aromatic rings. The van der Waals surface area contributed by atoms with Crippen LogP contribution in [0, 0.1) is 13.8 Å². The van der Waals surface area contributed by atoms with Crippen LogP contribution >= 0.6 is 0 Å². The molecule has 0 spiro atoms. The molecule has 1 saturated heterocycles. The molecule has 0 radical (unpaired) electrons. The summed E-state index contributed by atoms with van der Waals surface area (Å²) < 4.78 is 32.6. The summed E-state index contributed by atoms with van der Waals surface area (Å²) in [5.74, 6) is 1.01. The zero-order valence-corrected chi connectivity index (χ0v) is 17.3. The second-order valence-corrected chi connectivity index (χ2v) is 9.50. The van der Waals surface area contributed by atoms with E-state index in [0.717, 1.165) is 18.4 Å². The molecule has 1 N–H and O–H groups in total. The van der Waals surface area contributed by atoms with E-state index in [4.69, 9.17) is 4.74 Å². The second-order valence-electron chi connectivity index (χ2n) is 7.57. The smallest absolute Gasteiger partial charge is 0.243 e. The maximum atomic E-state index is 13.0.